The van der Waals surface area contributed by atoms with Crippen LogP contribution < -0.4 is 5.32 Å². The maximum Gasteiger partial charge on any atom is 0.255 e. The van der Waals surface area contributed by atoms with Crippen LogP contribution in [0.2, 0.25) is 0 Å². The van der Waals surface area contributed by atoms with Gasteiger partial charge in [-0.3, -0.25) is 14.6 Å². The van der Waals surface area contributed by atoms with Crippen molar-refractivity contribution in [2.45, 2.75) is 40.2 Å². The van der Waals surface area contributed by atoms with Gasteiger partial charge in [0.2, 0.25) is 5.91 Å². The summed E-state index contributed by atoms with van der Waals surface area (Å²) in [6.45, 7) is 9.56. The van der Waals surface area contributed by atoms with Gasteiger partial charge in [0.25, 0.3) is 5.91 Å². The Bertz CT molecular complexity index is 791. The van der Waals surface area contributed by atoms with Crippen molar-refractivity contribution in [3.05, 3.63) is 41.1 Å². The fraction of sp³-hybridized carbons (Fsp3) is 0.421. The molecule has 1 N–H and O–H groups in total. The van der Waals surface area contributed by atoms with Crippen molar-refractivity contribution in [2.24, 2.45) is 0 Å². The van der Waals surface area contributed by atoms with E-state index in [2.05, 4.69) is 10.3 Å². The fourth-order valence-corrected chi connectivity index (χ4v) is 2.56. The summed E-state index contributed by atoms with van der Waals surface area (Å²) < 4.78 is 0. The number of hydrogen-bond donors (Lipinski definition) is 1. The summed E-state index contributed by atoms with van der Waals surface area (Å²) in [7, 11) is 1.63. The summed E-state index contributed by atoms with van der Waals surface area (Å²) in [4.78, 5) is 30.7. The second-order valence-electron chi connectivity index (χ2n) is 7.28. The number of likely N-dealkylation sites (N-methyl/N-ethyl adjacent to an activating group) is 1. The first-order valence-corrected chi connectivity index (χ1v) is 8.01. The molecule has 2 amide bonds. The van der Waals surface area contributed by atoms with Crippen LogP contribution in [0.25, 0.3) is 10.9 Å². The predicted octanol–water partition coefficient (Wildman–Crippen LogP) is 2.84. The fourth-order valence-electron chi connectivity index (χ4n) is 2.56. The molecule has 0 atom stereocenters. The van der Waals surface area contributed by atoms with Crippen molar-refractivity contribution < 1.29 is 9.59 Å². The molecule has 0 aliphatic carbocycles. The highest BCUT2D eigenvalue weighted by Gasteiger charge is 2.20. The zero-order valence-electron chi connectivity index (χ0n) is 15.2. The Morgan fingerprint density at radius 2 is 1.83 bits per heavy atom. The summed E-state index contributed by atoms with van der Waals surface area (Å²) >= 11 is 0. The number of fused-ring (bicyclic) bond motifs is 1. The van der Waals surface area contributed by atoms with Crippen molar-refractivity contribution >= 4 is 22.7 Å². The second-order valence-corrected chi connectivity index (χ2v) is 7.28. The molecule has 0 fully saturated rings. The predicted molar refractivity (Wildman–Crippen MR) is 96.1 cm³/mol. The van der Waals surface area contributed by atoms with E-state index in [1.54, 1.807) is 7.05 Å². The number of aryl methyl sites for hydroxylation is 2. The maximum absolute atomic E-state index is 12.7. The van der Waals surface area contributed by atoms with E-state index in [1.807, 2.05) is 58.9 Å². The van der Waals surface area contributed by atoms with Crippen LogP contribution in [0.1, 0.15) is 42.4 Å². The molecule has 0 spiro atoms. The molecule has 0 saturated carbocycles. The molecule has 1 aromatic heterocycles. The van der Waals surface area contributed by atoms with Crippen LogP contribution in [0, 0.1) is 13.8 Å². The molecule has 5 nitrogen and oxygen atoms in total. The van der Waals surface area contributed by atoms with E-state index >= 15 is 0 Å². The Balaban J connectivity index is 2.23. The topological polar surface area (TPSA) is 62.3 Å². The molecule has 0 saturated heterocycles. The lowest BCUT2D eigenvalue weighted by atomic mass is 10.1. The number of hydrogen-bond acceptors (Lipinski definition) is 3. The highest BCUT2D eigenvalue weighted by Crippen LogP contribution is 2.19. The minimum atomic E-state index is -0.321. The molecule has 2 rings (SSSR count). The minimum absolute atomic E-state index is 0.0153. The number of pyridine rings is 1. The molecule has 2 aromatic rings. The molecule has 5 heteroatoms. The average Bonchev–Trinajstić information content (AvgIpc) is 2.44. The lowest BCUT2D eigenvalue weighted by Crippen LogP contribution is -2.46. The van der Waals surface area contributed by atoms with Gasteiger partial charge >= 0.3 is 0 Å². The third-order valence-electron chi connectivity index (χ3n) is 3.63. The minimum Gasteiger partial charge on any atom is -0.350 e. The number of carbonyl (C=O) groups is 2. The van der Waals surface area contributed by atoms with Crippen LogP contribution in [0.5, 0.6) is 0 Å². The molecule has 0 unspecified atom stereocenters. The molecule has 0 bridgehead atoms. The van der Waals surface area contributed by atoms with Crippen LogP contribution >= 0.6 is 0 Å². The number of aromatic nitrogens is 1. The zero-order valence-corrected chi connectivity index (χ0v) is 15.2. The number of nitrogens with zero attached hydrogens (tertiary/aromatic N) is 2. The Morgan fingerprint density at radius 3 is 2.46 bits per heavy atom. The molecule has 0 aliphatic heterocycles. The SMILES string of the molecule is Cc1ccc2nc(C)c(C(=O)N(C)CC(=O)NC(C)(C)C)cc2c1. The molecule has 24 heavy (non-hydrogen) atoms. The van der Waals surface area contributed by atoms with Gasteiger partial charge in [0.15, 0.2) is 0 Å². The number of carbonyl (C=O) groups excluding carboxylic acids is 2. The van der Waals surface area contributed by atoms with E-state index in [4.69, 9.17) is 0 Å². The van der Waals surface area contributed by atoms with Gasteiger partial charge in [-0.15, -0.1) is 0 Å². The standard InChI is InChI=1S/C19H25N3O2/c1-12-7-8-16-14(9-12)10-15(13(2)20-16)18(24)22(6)11-17(23)21-19(3,4)5/h7-10H,11H2,1-6H3,(H,21,23). The zero-order chi connectivity index (χ0) is 18.1. The van der Waals surface area contributed by atoms with Crippen LogP contribution in [0.15, 0.2) is 24.3 Å². The number of rotatable bonds is 3. The first-order chi connectivity index (χ1) is 11.1. The quantitative estimate of drug-likeness (QED) is 0.943. The van der Waals surface area contributed by atoms with Gasteiger partial charge in [0.1, 0.15) is 0 Å². The monoisotopic (exact) mass is 327 g/mol. The molecular formula is C19H25N3O2. The van der Waals surface area contributed by atoms with E-state index < -0.39 is 0 Å². The lowest BCUT2D eigenvalue weighted by molar-refractivity contribution is -0.122. The first-order valence-electron chi connectivity index (χ1n) is 8.01. The van der Waals surface area contributed by atoms with E-state index in [0.29, 0.717) is 11.3 Å². The van der Waals surface area contributed by atoms with E-state index in [1.165, 1.54) is 4.90 Å². The highest BCUT2D eigenvalue weighted by atomic mass is 16.2. The van der Waals surface area contributed by atoms with Gasteiger partial charge < -0.3 is 10.2 Å². The molecule has 1 aromatic carbocycles. The summed E-state index contributed by atoms with van der Waals surface area (Å²) in [6.07, 6.45) is 0. The highest BCUT2D eigenvalue weighted by molar-refractivity contribution is 6.00. The molecular weight excluding hydrogens is 302 g/mol. The lowest BCUT2D eigenvalue weighted by Gasteiger charge is -2.23. The average molecular weight is 327 g/mol. The van der Waals surface area contributed by atoms with Crippen molar-refractivity contribution in [3.8, 4) is 0 Å². The van der Waals surface area contributed by atoms with Gasteiger partial charge in [-0.1, -0.05) is 11.6 Å². The normalized spacial score (nSPS) is 11.4. The van der Waals surface area contributed by atoms with Crippen molar-refractivity contribution in [2.75, 3.05) is 13.6 Å². The van der Waals surface area contributed by atoms with Crippen LogP contribution in [-0.2, 0) is 4.79 Å². The third kappa shape index (κ3) is 4.31. The van der Waals surface area contributed by atoms with E-state index in [9.17, 15) is 9.59 Å². The second kappa shape index (κ2) is 6.59. The molecule has 0 radical (unpaired) electrons. The van der Waals surface area contributed by atoms with Gasteiger partial charge in [0, 0.05) is 18.0 Å². The van der Waals surface area contributed by atoms with Gasteiger partial charge in [-0.2, -0.15) is 0 Å². The summed E-state index contributed by atoms with van der Waals surface area (Å²) in [5.74, 6) is -0.381. The van der Waals surface area contributed by atoms with Crippen molar-refractivity contribution in [1.29, 1.82) is 0 Å². The molecule has 128 valence electrons. The van der Waals surface area contributed by atoms with Gasteiger partial charge in [-0.05, 0) is 52.8 Å². The number of nitrogens with one attached hydrogen (secondary N) is 1. The molecule has 1 heterocycles. The Labute approximate surface area is 143 Å². The smallest absolute Gasteiger partial charge is 0.255 e. The Hall–Kier alpha value is -2.43. The van der Waals surface area contributed by atoms with Crippen molar-refractivity contribution in [3.63, 3.8) is 0 Å². The van der Waals surface area contributed by atoms with Crippen molar-refractivity contribution in [1.82, 2.24) is 15.2 Å². The number of amides is 2. The summed E-state index contributed by atoms with van der Waals surface area (Å²) in [5, 5.41) is 3.79. The Morgan fingerprint density at radius 1 is 1.17 bits per heavy atom. The van der Waals surface area contributed by atoms with Gasteiger partial charge in [-0.25, -0.2) is 0 Å². The van der Waals surface area contributed by atoms with Crippen LogP contribution in [0.4, 0.5) is 0 Å². The molecule has 0 aliphatic rings. The first kappa shape index (κ1) is 17.9. The third-order valence-corrected chi connectivity index (χ3v) is 3.63. The Kier molecular flexibility index (Phi) is 4.92. The van der Waals surface area contributed by atoms with Gasteiger partial charge in [0.05, 0.1) is 23.3 Å². The van der Waals surface area contributed by atoms with E-state index in [0.717, 1.165) is 16.5 Å². The number of benzene rings is 1. The largest absolute Gasteiger partial charge is 0.350 e. The summed E-state index contributed by atoms with van der Waals surface area (Å²) in [6, 6.07) is 7.81. The maximum atomic E-state index is 12.7. The van der Waals surface area contributed by atoms with Crippen LogP contribution in [0.3, 0.4) is 0 Å². The summed E-state index contributed by atoms with van der Waals surface area (Å²) in [5.41, 5.74) is 2.85. The van der Waals surface area contributed by atoms with Crippen LogP contribution in [-0.4, -0.2) is 40.8 Å². The van der Waals surface area contributed by atoms with E-state index in [-0.39, 0.29) is 23.9 Å².